The molecule has 0 spiro atoms. The Morgan fingerprint density at radius 1 is 1.00 bits per heavy atom. The number of aromatic nitrogens is 1. The molecule has 0 saturated heterocycles. The number of primary amides is 1. The van der Waals surface area contributed by atoms with E-state index in [0.717, 1.165) is 0 Å². The van der Waals surface area contributed by atoms with Gasteiger partial charge in [-0.15, -0.1) is 0 Å². The number of aliphatic hydroxyl groups excluding tert-OH is 1. The van der Waals surface area contributed by atoms with Gasteiger partial charge in [-0.25, -0.2) is 9.37 Å². The van der Waals surface area contributed by atoms with Crippen LogP contribution in [-0.4, -0.2) is 28.4 Å². The Bertz CT molecular complexity index is 986. The lowest BCUT2D eigenvalue weighted by Gasteiger charge is -2.09. The summed E-state index contributed by atoms with van der Waals surface area (Å²) in [4.78, 5) is 27.4. The molecular formula is C20H15FN2O4. The van der Waals surface area contributed by atoms with Crippen LogP contribution < -0.4 is 10.5 Å². The number of rotatable bonds is 6. The highest BCUT2D eigenvalue weighted by atomic mass is 19.1. The average molecular weight is 366 g/mol. The maximum Gasteiger partial charge on any atom is 0.248 e. The molecule has 0 aliphatic carbocycles. The molecule has 0 aliphatic rings. The SMILES string of the molecule is NC(=O)c1cc(C(=O)CO)nc(-c2ccc(Oc3ccc(F)cc3)cc2)c1. The Morgan fingerprint density at radius 3 is 2.15 bits per heavy atom. The predicted molar refractivity (Wildman–Crippen MR) is 96.1 cm³/mol. The summed E-state index contributed by atoms with van der Waals surface area (Å²) < 4.78 is 18.6. The Hall–Kier alpha value is -3.58. The molecule has 6 nitrogen and oxygen atoms in total. The van der Waals surface area contributed by atoms with Crippen LogP contribution in [0.3, 0.4) is 0 Å². The number of carbonyl (C=O) groups is 2. The number of Topliss-reactive ketones (excluding diaryl/α,β-unsaturated/α-hetero) is 1. The fourth-order valence-corrected chi connectivity index (χ4v) is 2.38. The molecular weight excluding hydrogens is 351 g/mol. The van der Waals surface area contributed by atoms with Gasteiger partial charge in [0.25, 0.3) is 0 Å². The van der Waals surface area contributed by atoms with Gasteiger partial charge in [0.05, 0.1) is 5.69 Å². The normalized spacial score (nSPS) is 10.4. The Labute approximate surface area is 154 Å². The summed E-state index contributed by atoms with van der Waals surface area (Å²) in [6, 6.07) is 15.0. The lowest BCUT2D eigenvalue weighted by molar-refractivity contribution is 0.0899. The van der Waals surface area contributed by atoms with Gasteiger partial charge >= 0.3 is 0 Å². The van der Waals surface area contributed by atoms with Crippen LogP contribution in [0.2, 0.25) is 0 Å². The zero-order valence-corrected chi connectivity index (χ0v) is 14.1. The van der Waals surface area contributed by atoms with Crippen molar-refractivity contribution in [1.29, 1.82) is 0 Å². The standard InChI is InChI=1S/C20H15FN2O4/c21-14-3-7-16(8-4-14)27-15-5-1-12(2-6-15)17-9-13(20(22)26)10-18(23-17)19(25)11-24/h1-10,24H,11H2,(H2,22,26). The van der Waals surface area contributed by atoms with Crippen molar-refractivity contribution in [3.63, 3.8) is 0 Å². The number of benzene rings is 2. The number of carbonyl (C=O) groups excluding carboxylic acids is 2. The predicted octanol–water partition coefficient (Wildman–Crippen LogP) is 2.95. The van der Waals surface area contributed by atoms with Crippen LogP contribution in [0.15, 0.2) is 60.7 Å². The number of halogens is 1. The Morgan fingerprint density at radius 2 is 1.59 bits per heavy atom. The molecule has 0 aliphatic heterocycles. The van der Waals surface area contributed by atoms with Gasteiger partial charge in [0.15, 0.2) is 0 Å². The first-order valence-electron chi connectivity index (χ1n) is 7.96. The number of aliphatic hydroxyl groups is 1. The first kappa shape index (κ1) is 18.2. The van der Waals surface area contributed by atoms with Crippen LogP contribution >= 0.6 is 0 Å². The quantitative estimate of drug-likeness (QED) is 0.653. The highest BCUT2D eigenvalue weighted by molar-refractivity contribution is 6.00. The molecule has 7 heteroatoms. The van der Waals surface area contributed by atoms with Crippen molar-refractivity contribution >= 4 is 11.7 Å². The van der Waals surface area contributed by atoms with Crippen molar-refractivity contribution in [2.75, 3.05) is 6.61 Å². The van der Waals surface area contributed by atoms with E-state index in [1.807, 2.05) is 0 Å². The summed E-state index contributed by atoms with van der Waals surface area (Å²) >= 11 is 0. The molecule has 1 amide bonds. The number of ether oxygens (including phenoxy) is 1. The second kappa shape index (κ2) is 7.76. The smallest absolute Gasteiger partial charge is 0.248 e. The Balaban J connectivity index is 1.89. The van der Waals surface area contributed by atoms with Crippen LogP contribution in [0.1, 0.15) is 20.8 Å². The van der Waals surface area contributed by atoms with Gasteiger partial charge in [0.2, 0.25) is 11.7 Å². The van der Waals surface area contributed by atoms with Crippen molar-refractivity contribution in [1.82, 2.24) is 4.98 Å². The molecule has 0 unspecified atom stereocenters. The van der Waals surface area contributed by atoms with E-state index in [2.05, 4.69) is 4.98 Å². The van der Waals surface area contributed by atoms with Gasteiger partial charge in [-0.2, -0.15) is 0 Å². The van der Waals surface area contributed by atoms with Gasteiger partial charge in [-0.05, 0) is 60.7 Å². The maximum atomic E-state index is 12.9. The minimum atomic E-state index is -0.723. The number of hydrogen-bond donors (Lipinski definition) is 2. The molecule has 3 aromatic rings. The van der Waals surface area contributed by atoms with Crippen LogP contribution in [-0.2, 0) is 0 Å². The number of ketones is 1. The minimum absolute atomic E-state index is 0.0459. The third kappa shape index (κ3) is 4.34. The first-order valence-corrected chi connectivity index (χ1v) is 7.96. The summed E-state index contributed by atoms with van der Waals surface area (Å²) in [5.74, 6) is -0.680. The molecule has 2 aromatic carbocycles. The molecule has 1 heterocycles. The largest absolute Gasteiger partial charge is 0.457 e. The highest BCUT2D eigenvalue weighted by Crippen LogP contribution is 2.26. The molecule has 0 radical (unpaired) electrons. The summed E-state index contributed by atoms with van der Waals surface area (Å²) in [5, 5.41) is 9.03. The van der Waals surface area contributed by atoms with E-state index >= 15 is 0 Å². The molecule has 0 saturated carbocycles. The van der Waals surface area contributed by atoms with Crippen LogP contribution in [0, 0.1) is 5.82 Å². The Kier molecular flexibility index (Phi) is 5.23. The van der Waals surface area contributed by atoms with Crippen molar-refractivity contribution in [3.05, 3.63) is 77.7 Å². The van der Waals surface area contributed by atoms with E-state index < -0.39 is 18.3 Å². The van der Waals surface area contributed by atoms with Crippen molar-refractivity contribution in [3.8, 4) is 22.8 Å². The average Bonchev–Trinajstić information content (AvgIpc) is 2.69. The molecule has 0 atom stereocenters. The molecule has 27 heavy (non-hydrogen) atoms. The van der Waals surface area contributed by atoms with E-state index in [0.29, 0.717) is 22.8 Å². The number of nitrogens with zero attached hydrogens (tertiary/aromatic N) is 1. The van der Waals surface area contributed by atoms with Gasteiger partial charge in [0, 0.05) is 11.1 Å². The lowest BCUT2D eigenvalue weighted by atomic mass is 10.1. The molecule has 3 N–H and O–H groups in total. The summed E-state index contributed by atoms with van der Waals surface area (Å²) in [7, 11) is 0. The van der Waals surface area contributed by atoms with Crippen molar-refractivity contribution < 1.29 is 23.8 Å². The monoisotopic (exact) mass is 366 g/mol. The van der Waals surface area contributed by atoms with Crippen molar-refractivity contribution in [2.45, 2.75) is 0 Å². The lowest BCUT2D eigenvalue weighted by Crippen LogP contribution is -2.15. The fourth-order valence-electron chi connectivity index (χ4n) is 2.38. The van der Waals surface area contributed by atoms with Crippen LogP contribution in [0.4, 0.5) is 4.39 Å². The first-order chi connectivity index (χ1) is 13.0. The van der Waals surface area contributed by atoms with Crippen molar-refractivity contribution in [2.24, 2.45) is 5.73 Å². The number of pyridine rings is 1. The second-order valence-electron chi connectivity index (χ2n) is 5.65. The van der Waals surface area contributed by atoms with Crippen LogP contribution in [0.25, 0.3) is 11.3 Å². The summed E-state index contributed by atoms with van der Waals surface area (Å²) in [5.41, 5.74) is 6.35. The van der Waals surface area contributed by atoms with E-state index in [-0.39, 0.29) is 17.1 Å². The number of nitrogens with two attached hydrogens (primary N) is 1. The minimum Gasteiger partial charge on any atom is -0.457 e. The maximum absolute atomic E-state index is 12.9. The van der Waals surface area contributed by atoms with E-state index in [4.69, 9.17) is 15.6 Å². The van der Waals surface area contributed by atoms with Gasteiger partial charge < -0.3 is 15.6 Å². The topological polar surface area (TPSA) is 103 Å². The fraction of sp³-hybridized carbons (Fsp3) is 0.0500. The van der Waals surface area contributed by atoms with E-state index in [9.17, 15) is 14.0 Å². The summed E-state index contributed by atoms with van der Waals surface area (Å²) in [6.07, 6.45) is 0. The third-order valence-corrected chi connectivity index (χ3v) is 3.74. The zero-order chi connectivity index (χ0) is 19.4. The molecule has 3 rings (SSSR count). The molecule has 1 aromatic heterocycles. The second-order valence-corrected chi connectivity index (χ2v) is 5.65. The molecule has 0 fully saturated rings. The van der Waals surface area contributed by atoms with E-state index in [1.54, 1.807) is 24.3 Å². The number of amides is 1. The highest BCUT2D eigenvalue weighted by Gasteiger charge is 2.13. The zero-order valence-electron chi connectivity index (χ0n) is 14.1. The van der Waals surface area contributed by atoms with Crippen LogP contribution in [0.5, 0.6) is 11.5 Å². The summed E-state index contributed by atoms with van der Waals surface area (Å²) in [6.45, 7) is -0.723. The van der Waals surface area contributed by atoms with Gasteiger partial charge in [-0.1, -0.05) is 0 Å². The number of hydrogen-bond acceptors (Lipinski definition) is 5. The van der Waals surface area contributed by atoms with Gasteiger partial charge in [0.1, 0.15) is 29.6 Å². The molecule has 0 bridgehead atoms. The van der Waals surface area contributed by atoms with Gasteiger partial charge in [-0.3, -0.25) is 9.59 Å². The third-order valence-electron chi connectivity index (χ3n) is 3.74. The van der Waals surface area contributed by atoms with E-state index in [1.165, 1.54) is 36.4 Å². The molecule has 136 valence electrons.